The molecule has 0 bridgehead atoms. The molecule has 164 valence electrons. The zero-order valence-electron chi connectivity index (χ0n) is 17.8. The molecule has 0 radical (unpaired) electrons. The number of hydrogen-bond donors (Lipinski definition) is 0. The normalized spacial score (nSPS) is 18.0. The van der Waals surface area contributed by atoms with E-state index in [4.69, 9.17) is 4.98 Å². The Hall–Kier alpha value is -2.32. The van der Waals surface area contributed by atoms with Crippen LogP contribution < -0.4 is 14.7 Å². The van der Waals surface area contributed by atoms with Crippen LogP contribution in [0.5, 0.6) is 0 Å². The lowest BCUT2D eigenvalue weighted by molar-refractivity contribution is 0.579. The minimum absolute atomic E-state index is 0.368. The van der Waals surface area contributed by atoms with Gasteiger partial charge >= 0.3 is 0 Å². The van der Waals surface area contributed by atoms with Gasteiger partial charge in [-0.3, -0.25) is 0 Å². The Labute approximate surface area is 188 Å². The van der Waals surface area contributed by atoms with E-state index < -0.39 is 9.84 Å². The Morgan fingerprint density at radius 1 is 0.806 bits per heavy atom. The van der Waals surface area contributed by atoms with Gasteiger partial charge in [-0.2, -0.15) is 0 Å². The van der Waals surface area contributed by atoms with Crippen molar-refractivity contribution in [3.63, 3.8) is 0 Å². The monoisotopic (exact) mass is 456 g/mol. The molecular weight excluding hydrogens is 428 g/mol. The summed E-state index contributed by atoms with van der Waals surface area (Å²) in [7, 11) is -3.16. The first kappa shape index (κ1) is 20.6. The fraction of sp³-hybridized carbons (Fsp3) is 0.435. The number of benzene rings is 1. The van der Waals surface area contributed by atoms with Crippen LogP contribution in [0.4, 0.5) is 17.2 Å². The summed E-state index contributed by atoms with van der Waals surface area (Å²) in [5.41, 5.74) is 3.51. The highest BCUT2D eigenvalue weighted by Gasteiger charge is 2.21. The van der Waals surface area contributed by atoms with E-state index in [2.05, 4.69) is 32.2 Å². The first-order valence-electron chi connectivity index (χ1n) is 10.9. The summed E-state index contributed by atoms with van der Waals surface area (Å²) in [6.07, 6.45) is 5.11. The minimum atomic E-state index is -3.16. The number of aromatic nitrogens is 1. The highest BCUT2D eigenvalue weighted by Crippen LogP contribution is 2.35. The van der Waals surface area contributed by atoms with E-state index in [9.17, 15) is 8.42 Å². The number of piperazine rings is 1. The predicted octanol–water partition coefficient (Wildman–Crippen LogP) is 4.02. The van der Waals surface area contributed by atoms with Gasteiger partial charge in [0.1, 0.15) is 11.3 Å². The molecule has 2 saturated heterocycles. The zero-order valence-corrected chi connectivity index (χ0v) is 19.5. The molecule has 0 atom stereocenters. The van der Waals surface area contributed by atoms with Crippen LogP contribution in [0.15, 0.2) is 46.7 Å². The maximum Gasteiger partial charge on any atom is 0.175 e. The molecular formula is C23H28N4O2S2. The Morgan fingerprint density at radius 2 is 1.48 bits per heavy atom. The Bertz CT molecular complexity index is 1160. The molecule has 2 aliphatic heterocycles. The van der Waals surface area contributed by atoms with Crippen molar-refractivity contribution in [2.24, 2.45) is 0 Å². The van der Waals surface area contributed by atoms with Crippen molar-refractivity contribution in [3.8, 4) is 0 Å². The second-order valence-electron chi connectivity index (χ2n) is 8.43. The summed E-state index contributed by atoms with van der Waals surface area (Å²) in [5, 5.41) is 2.27. The van der Waals surface area contributed by atoms with Crippen molar-refractivity contribution in [1.29, 1.82) is 0 Å². The lowest BCUT2D eigenvalue weighted by atomic mass is 10.1. The van der Waals surface area contributed by atoms with E-state index in [-0.39, 0.29) is 0 Å². The largest absolute Gasteiger partial charge is 0.369 e. The topological polar surface area (TPSA) is 56.8 Å². The molecule has 0 amide bonds. The maximum absolute atomic E-state index is 11.7. The molecule has 0 unspecified atom stereocenters. The quantitative estimate of drug-likeness (QED) is 0.591. The summed E-state index contributed by atoms with van der Waals surface area (Å²) in [6, 6.07) is 11.6. The number of hydrogen-bond acceptors (Lipinski definition) is 7. The van der Waals surface area contributed by atoms with Gasteiger partial charge in [-0.1, -0.05) is 0 Å². The molecule has 6 nitrogen and oxygen atoms in total. The van der Waals surface area contributed by atoms with E-state index in [1.165, 1.54) is 35.9 Å². The van der Waals surface area contributed by atoms with E-state index in [1.54, 1.807) is 23.5 Å². The fourth-order valence-electron chi connectivity index (χ4n) is 4.52. The van der Waals surface area contributed by atoms with Gasteiger partial charge in [0.25, 0.3) is 0 Å². The van der Waals surface area contributed by atoms with Gasteiger partial charge in [0, 0.05) is 56.6 Å². The average Bonchev–Trinajstić information content (AvgIpc) is 3.23. The summed E-state index contributed by atoms with van der Waals surface area (Å²) in [4.78, 5) is 12.6. The number of piperidine rings is 1. The zero-order chi connectivity index (χ0) is 21.4. The Balaban J connectivity index is 1.30. The van der Waals surface area contributed by atoms with E-state index in [0.29, 0.717) is 4.90 Å². The van der Waals surface area contributed by atoms with Gasteiger partial charge in [0.05, 0.1) is 15.3 Å². The summed E-state index contributed by atoms with van der Waals surface area (Å²) >= 11 is 1.79. The molecule has 5 rings (SSSR count). The molecule has 2 fully saturated rings. The van der Waals surface area contributed by atoms with Crippen molar-refractivity contribution >= 4 is 48.6 Å². The molecule has 31 heavy (non-hydrogen) atoms. The molecule has 2 aromatic heterocycles. The fourth-order valence-corrected chi connectivity index (χ4v) is 6.06. The summed E-state index contributed by atoms with van der Waals surface area (Å²) < 4.78 is 24.6. The lowest BCUT2D eigenvalue weighted by Gasteiger charge is -2.37. The first-order valence-corrected chi connectivity index (χ1v) is 13.7. The molecule has 0 N–H and O–H groups in total. The number of thiophene rings is 1. The van der Waals surface area contributed by atoms with Crippen LogP contribution in [0.1, 0.15) is 19.3 Å². The number of fused-ring (bicyclic) bond motifs is 1. The molecule has 1 aromatic carbocycles. The smallest absolute Gasteiger partial charge is 0.175 e. The van der Waals surface area contributed by atoms with Crippen LogP contribution in [0.3, 0.4) is 0 Å². The van der Waals surface area contributed by atoms with E-state index >= 15 is 0 Å². The number of rotatable bonds is 4. The second kappa shape index (κ2) is 8.31. The van der Waals surface area contributed by atoms with Gasteiger partial charge < -0.3 is 14.7 Å². The van der Waals surface area contributed by atoms with Gasteiger partial charge in [-0.15, -0.1) is 11.3 Å². The van der Waals surface area contributed by atoms with Gasteiger partial charge in [0.15, 0.2) is 9.84 Å². The van der Waals surface area contributed by atoms with Crippen molar-refractivity contribution < 1.29 is 8.42 Å². The third-order valence-corrected chi connectivity index (χ3v) is 8.37. The van der Waals surface area contributed by atoms with Crippen LogP contribution in [-0.4, -0.2) is 58.9 Å². The van der Waals surface area contributed by atoms with Crippen molar-refractivity contribution in [2.75, 3.05) is 60.2 Å². The average molecular weight is 457 g/mol. The molecule has 8 heteroatoms. The van der Waals surface area contributed by atoms with Crippen LogP contribution in [0.25, 0.3) is 10.2 Å². The minimum Gasteiger partial charge on any atom is -0.369 e. The maximum atomic E-state index is 11.7. The number of nitrogens with zero attached hydrogens (tertiary/aromatic N) is 4. The van der Waals surface area contributed by atoms with E-state index in [0.717, 1.165) is 56.3 Å². The Morgan fingerprint density at radius 3 is 2.16 bits per heavy atom. The second-order valence-corrected chi connectivity index (χ2v) is 11.4. The summed E-state index contributed by atoms with van der Waals surface area (Å²) in [6.45, 7) is 5.84. The number of anilines is 3. The third kappa shape index (κ3) is 4.23. The van der Waals surface area contributed by atoms with Crippen LogP contribution in [0, 0.1) is 0 Å². The van der Waals surface area contributed by atoms with Crippen molar-refractivity contribution in [3.05, 3.63) is 41.8 Å². The highest BCUT2D eigenvalue weighted by molar-refractivity contribution is 7.90. The summed E-state index contributed by atoms with van der Waals surface area (Å²) in [5.74, 6) is 1.05. The lowest BCUT2D eigenvalue weighted by Crippen LogP contribution is -2.46. The molecule has 0 spiro atoms. The standard InChI is InChI=1S/C23H28N4O2S2/c1-31(28,29)19-7-5-18(6-8-19)25-13-15-27(16-14-25)22-10-9-21-23(24-22)20(17-30-21)26-11-3-2-4-12-26/h5-10,17H,2-4,11-16H2,1H3. The van der Waals surface area contributed by atoms with Crippen LogP contribution in [-0.2, 0) is 9.84 Å². The third-order valence-electron chi connectivity index (χ3n) is 6.31. The van der Waals surface area contributed by atoms with Crippen molar-refractivity contribution in [2.45, 2.75) is 24.2 Å². The highest BCUT2D eigenvalue weighted by atomic mass is 32.2. The van der Waals surface area contributed by atoms with Gasteiger partial charge in [-0.25, -0.2) is 13.4 Å². The molecule has 0 aliphatic carbocycles. The van der Waals surface area contributed by atoms with Crippen LogP contribution >= 0.6 is 11.3 Å². The molecule has 4 heterocycles. The molecule has 3 aromatic rings. The Kier molecular flexibility index (Phi) is 5.52. The number of pyridine rings is 1. The van der Waals surface area contributed by atoms with E-state index in [1.807, 2.05) is 12.1 Å². The molecule has 0 saturated carbocycles. The van der Waals surface area contributed by atoms with Gasteiger partial charge in [-0.05, 0) is 55.7 Å². The number of sulfone groups is 1. The predicted molar refractivity (Wildman–Crippen MR) is 130 cm³/mol. The SMILES string of the molecule is CS(=O)(=O)c1ccc(N2CCN(c3ccc4scc(N5CCCCC5)c4n3)CC2)cc1. The first-order chi connectivity index (χ1) is 15.0. The van der Waals surface area contributed by atoms with Gasteiger partial charge in [0.2, 0.25) is 0 Å². The van der Waals surface area contributed by atoms with Crippen molar-refractivity contribution in [1.82, 2.24) is 4.98 Å². The molecule has 2 aliphatic rings. The van der Waals surface area contributed by atoms with Crippen LogP contribution in [0.2, 0.25) is 0 Å².